The molecule has 4 heteroatoms. The maximum Gasteiger partial charge on any atom is 0.164 e. The van der Waals surface area contributed by atoms with Gasteiger partial charge in [-0.2, -0.15) is 0 Å². The number of imidazole rings is 1. The van der Waals surface area contributed by atoms with E-state index in [0.717, 1.165) is 21.3 Å². The number of rotatable bonds is 1. The van der Waals surface area contributed by atoms with Crippen LogP contribution in [-0.2, 0) is 0 Å². The number of benzene rings is 1. The zero-order chi connectivity index (χ0) is 11.0. The Morgan fingerprint density at radius 1 is 1.00 bits per heavy atom. The molecule has 0 spiro atoms. The van der Waals surface area contributed by atoms with E-state index in [2.05, 4.69) is 25.9 Å². The molecule has 78 valence electrons. The molecule has 3 rings (SSSR count). The molecule has 0 saturated heterocycles. The van der Waals surface area contributed by atoms with Crippen LogP contribution >= 0.6 is 15.9 Å². The van der Waals surface area contributed by atoms with Gasteiger partial charge in [0.15, 0.2) is 5.65 Å². The zero-order valence-corrected chi connectivity index (χ0v) is 9.92. The summed E-state index contributed by atoms with van der Waals surface area (Å²) in [6.07, 6.45) is 3.56. The first kappa shape index (κ1) is 9.54. The summed E-state index contributed by atoms with van der Waals surface area (Å²) in [6, 6.07) is 11.9. The number of pyridine rings is 1. The van der Waals surface area contributed by atoms with Gasteiger partial charge in [0.05, 0.1) is 5.69 Å². The van der Waals surface area contributed by atoms with Crippen molar-refractivity contribution in [2.75, 3.05) is 0 Å². The molecule has 0 saturated carbocycles. The van der Waals surface area contributed by atoms with Gasteiger partial charge in [0, 0.05) is 10.7 Å². The Kier molecular flexibility index (Phi) is 2.22. The number of aromatic nitrogens is 3. The van der Waals surface area contributed by atoms with Crippen LogP contribution in [0.25, 0.3) is 16.9 Å². The smallest absolute Gasteiger partial charge is 0.164 e. The van der Waals surface area contributed by atoms with Gasteiger partial charge in [-0.1, -0.05) is 12.1 Å². The Balaban J connectivity index is 2.31. The van der Waals surface area contributed by atoms with Crippen molar-refractivity contribution in [3.05, 3.63) is 53.4 Å². The van der Waals surface area contributed by atoms with E-state index in [4.69, 9.17) is 0 Å². The molecule has 0 amide bonds. The Bertz CT molecular complexity index is 645. The number of halogens is 1. The van der Waals surface area contributed by atoms with Crippen LogP contribution in [0, 0.1) is 0 Å². The summed E-state index contributed by atoms with van der Waals surface area (Å²) in [5, 5.41) is 0. The zero-order valence-electron chi connectivity index (χ0n) is 8.34. The van der Waals surface area contributed by atoms with Crippen molar-refractivity contribution in [3.8, 4) is 5.69 Å². The molecule has 0 unspecified atom stereocenters. The molecule has 0 aliphatic rings. The fourth-order valence-corrected chi connectivity index (χ4v) is 2.15. The molecule has 3 nitrogen and oxygen atoms in total. The molecule has 0 bridgehead atoms. The van der Waals surface area contributed by atoms with E-state index in [-0.39, 0.29) is 0 Å². The SMILES string of the molecule is Brc1ccccc1-n1cnc2cccnc21. The number of para-hydroxylation sites is 1. The van der Waals surface area contributed by atoms with E-state index in [0.29, 0.717) is 0 Å². The van der Waals surface area contributed by atoms with E-state index in [1.807, 2.05) is 41.0 Å². The average molecular weight is 274 g/mol. The number of nitrogens with zero attached hydrogens (tertiary/aromatic N) is 3. The van der Waals surface area contributed by atoms with Gasteiger partial charge in [-0.3, -0.25) is 4.57 Å². The number of hydrogen-bond donors (Lipinski definition) is 0. The second-order valence-electron chi connectivity index (χ2n) is 3.41. The summed E-state index contributed by atoms with van der Waals surface area (Å²) in [5.74, 6) is 0. The average Bonchev–Trinajstić information content (AvgIpc) is 2.74. The summed E-state index contributed by atoms with van der Waals surface area (Å²) in [5.41, 5.74) is 2.82. The maximum absolute atomic E-state index is 4.34. The minimum Gasteiger partial charge on any atom is -0.282 e. The minimum atomic E-state index is 0.870. The standard InChI is InChI=1S/C12H8BrN3/c13-9-4-1-2-6-11(9)16-8-15-10-5-3-7-14-12(10)16/h1-8H. The van der Waals surface area contributed by atoms with Gasteiger partial charge in [-0.05, 0) is 40.2 Å². The summed E-state index contributed by atoms with van der Waals surface area (Å²) < 4.78 is 3.00. The van der Waals surface area contributed by atoms with Crippen molar-refractivity contribution in [2.45, 2.75) is 0 Å². The fraction of sp³-hybridized carbons (Fsp3) is 0. The number of hydrogen-bond acceptors (Lipinski definition) is 2. The topological polar surface area (TPSA) is 30.7 Å². The van der Waals surface area contributed by atoms with E-state index >= 15 is 0 Å². The highest BCUT2D eigenvalue weighted by molar-refractivity contribution is 9.10. The Morgan fingerprint density at radius 3 is 2.75 bits per heavy atom. The Labute approximate surface area is 101 Å². The lowest BCUT2D eigenvalue weighted by atomic mass is 10.3. The molecule has 0 fully saturated rings. The van der Waals surface area contributed by atoms with E-state index < -0.39 is 0 Å². The molecule has 0 aliphatic heterocycles. The molecule has 0 N–H and O–H groups in total. The summed E-state index contributed by atoms with van der Waals surface area (Å²) in [6.45, 7) is 0. The number of fused-ring (bicyclic) bond motifs is 1. The van der Waals surface area contributed by atoms with Gasteiger partial charge in [-0.15, -0.1) is 0 Å². The Hall–Kier alpha value is -1.68. The van der Waals surface area contributed by atoms with Crippen LogP contribution in [0.5, 0.6) is 0 Å². The van der Waals surface area contributed by atoms with Crippen LogP contribution in [0.2, 0.25) is 0 Å². The molecule has 2 aromatic heterocycles. The van der Waals surface area contributed by atoms with Crippen LogP contribution in [-0.4, -0.2) is 14.5 Å². The van der Waals surface area contributed by atoms with Crippen molar-refractivity contribution in [3.63, 3.8) is 0 Å². The molecule has 0 radical (unpaired) electrons. The van der Waals surface area contributed by atoms with Gasteiger partial charge in [0.2, 0.25) is 0 Å². The van der Waals surface area contributed by atoms with Crippen molar-refractivity contribution >= 4 is 27.1 Å². The van der Waals surface area contributed by atoms with E-state index in [1.54, 1.807) is 12.5 Å². The highest BCUT2D eigenvalue weighted by atomic mass is 79.9. The van der Waals surface area contributed by atoms with Gasteiger partial charge in [0.25, 0.3) is 0 Å². The van der Waals surface area contributed by atoms with Gasteiger partial charge in [0.1, 0.15) is 11.8 Å². The molecule has 16 heavy (non-hydrogen) atoms. The first-order valence-electron chi connectivity index (χ1n) is 4.89. The lowest BCUT2D eigenvalue weighted by Gasteiger charge is -2.05. The van der Waals surface area contributed by atoms with Crippen molar-refractivity contribution in [2.24, 2.45) is 0 Å². The van der Waals surface area contributed by atoms with Crippen molar-refractivity contribution in [1.29, 1.82) is 0 Å². The highest BCUT2D eigenvalue weighted by Crippen LogP contribution is 2.23. The normalized spacial score (nSPS) is 10.8. The molecule has 0 atom stereocenters. The predicted molar refractivity (Wildman–Crippen MR) is 66.6 cm³/mol. The first-order valence-corrected chi connectivity index (χ1v) is 5.68. The molecular formula is C12H8BrN3. The van der Waals surface area contributed by atoms with Gasteiger partial charge < -0.3 is 0 Å². The van der Waals surface area contributed by atoms with Crippen molar-refractivity contribution < 1.29 is 0 Å². The third-order valence-electron chi connectivity index (χ3n) is 2.42. The summed E-state index contributed by atoms with van der Waals surface area (Å²) in [7, 11) is 0. The molecule has 1 aromatic carbocycles. The van der Waals surface area contributed by atoms with Crippen LogP contribution in [0.15, 0.2) is 53.4 Å². The summed E-state index contributed by atoms with van der Waals surface area (Å²) in [4.78, 5) is 8.65. The summed E-state index contributed by atoms with van der Waals surface area (Å²) >= 11 is 3.53. The predicted octanol–water partition coefficient (Wildman–Crippen LogP) is 3.18. The minimum absolute atomic E-state index is 0.870. The quantitative estimate of drug-likeness (QED) is 0.682. The second kappa shape index (κ2) is 3.72. The molecule has 3 aromatic rings. The third kappa shape index (κ3) is 1.42. The van der Waals surface area contributed by atoms with E-state index in [1.165, 1.54) is 0 Å². The van der Waals surface area contributed by atoms with Crippen LogP contribution in [0.4, 0.5) is 0 Å². The van der Waals surface area contributed by atoms with Crippen LogP contribution in [0.3, 0.4) is 0 Å². The lowest BCUT2D eigenvalue weighted by Crippen LogP contribution is -1.94. The molecule has 0 aliphatic carbocycles. The van der Waals surface area contributed by atoms with Crippen LogP contribution in [0.1, 0.15) is 0 Å². The molecule has 2 heterocycles. The monoisotopic (exact) mass is 273 g/mol. The first-order chi connectivity index (χ1) is 7.86. The van der Waals surface area contributed by atoms with E-state index in [9.17, 15) is 0 Å². The third-order valence-corrected chi connectivity index (χ3v) is 3.09. The van der Waals surface area contributed by atoms with Gasteiger partial charge in [-0.25, -0.2) is 9.97 Å². The lowest BCUT2D eigenvalue weighted by molar-refractivity contribution is 1.06. The van der Waals surface area contributed by atoms with Crippen LogP contribution < -0.4 is 0 Å². The molecular weight excluding hydrogens is 266 g/mol. The Morgan fingerprint density at radius 2 is 1.88 bits per heavy atom. The van der Waals surface area contributed by atoms with Crippen molar-refractivity contribution in [1.82, 2.24) is 14.5 Å². The fourth-order valence-electron chi connectivity index (χ4n) is 1.67. The maximum atomic E-state index is 4.34. The van der Waals surface area contributed by atoms with Gasteiger partial charge >= 0.3 is 0 Å². The second-order valence-corrected chi connectivity index (χ2v) is 4.27. The largest absolute Gasteiger partial charge is 0.282 e. The highest BCUT2D eigenvalue weighted by Gasteiger charge is 2.06.